The quantitative estimate of drug-likeness (QED) is 0.586. The Labute approximate surface area is 176 Å². The molecule has 0 radical (unpaired) electrons. The third kappa shape index (κ3) is 4.81. The van der Waals surface area contributed by atoms with Crippen LogP contribution >= 0.6 is 23.1 Å². The normalized spacial score (nSPS) is 14.8. The van der Waals surface area contributed by atoms with Crippen molar-refractivity contribution in [2.24, 2.45) is 7.05 Å². The number of aromatic nitrogens is 5. The van der Waals surface area contributed by atoms with Crippen LogP contribution in [0, 0.1) is 5.82 Å². The van der Waals surface area contributed by atoms with Crippen LogP contribution in [0.4, 0.5) is 9.52 Å². The summed E-state index contributed by atoms with van der Waals surface area (Å²) >= 11 is 2.76. The topological polar surface area (TPSA) is 85.6 Å². The van der Waals surface area contributed by atoms with Crippen molar-refractivity contribution in [3.05, 3.63) is 35.1 Å². The first-order valence-corrected chi connectivity index (χ1v) is 11.3. The molecule has 1 aliphatic rings. The third-order valence-electron chi connectivity index (χ3n) is 4.91. The maximum Gasteiger partial charge on any atom is 0.236 e. The van der Waals surface area contributed by atoms with Crippen molar-refractivity contribution in [3.8, 4) is 11.4 Å². The molecule has 1 amide bonds. The van der Waals surface area contributed by atoms with Crippen LogP contribution in [0.1, 0.15) is 43.0 Å². The number of amides is 1. The van der Waals surface area contributed by atoms with Crippen LogP contribution in [0.5, 0.6) is 0 Å². The minimum Gasteiger partial charge on any atom is -0.305 e. The first-order valence-electron chi connectivity index (χ1n) is 9.51. The lowest BCUT2D eigenvalue weighted by Crippen LogP contribution is -2.14. The van der Waals surface area contributed by atoms with Crippen molar-refractivity contribution in [2.75, 3.05) is 11.1 Å². The summed E-state index contributed by atoms with van der Waals surface area (Å²) in [6.45, 7) is 0. The number of rotatable bonds is 6. The molecule has 0 saturated heterocycles. The number of carbonyl (C=O) groups is 1. The van der Waals surface area contributed by atoms with Crippen molar-refractivity contribution >= 4 is 34.1 Å². The number of carbonyl (C=O) groups excluding carboxylic acids is 1. The van der Waals surface area contributed by atoms with Gasteiger partial charge < -0.3 is 4.57 Å². The Hall–Kier alpha value is -2.33. The van der Waals surface area contributed by atoms with Gasteiger partial charge in [0.25, 0.3) is 0 Å². The monoisotopic (exact) mass is 432 g/mol. The predicted octanol–water partition coefficient (Wildman–Crippen LogP) is 4.25. The Kier molecular flexibility index (Phi) is 6.19. The van der Waals surface area contributed by atoms with E-state index in [0.29, 0.717) is 22.0 Å². The van der Waals surface area contributed by atoms with Gasteiger partial charge in [0.05, 0.1) is 5.75 Å². The predicted molar refractivity (Wildman–Crippen MR) is 111 cm³/mol. The van der Waals surface area contributed by atoms with E-state index in [1.807, 2.05) is 7.05 Å². The number of hydrogen-bond donors (Lipinski definition) is 1. The number of nitrogens with one attached hydrogen (secondary N) is 1. The number of thioether (sulfide) groups is 1. The van der Waals surface area contributed by atoms with Gasteiger partial charge in [-0.3, -0.25) is 10.1 Å². The number of halogens is 1. The zero-order valence-corrected chi connectivity index (χ0v) is 17.6. The largest absolute Gasteiger partial charge is 0.305 e. The first kappa shape index (κ1) is 20.0. The molecule has 152 valence electrons. The summed E-state index contributed by atoms with van der Waals surface area (Å²) in [7, 11) is 1.82. The average molecular weight is 433 g/mol. The van der Waals surface area contributed by atoms with Crippen LogP contribution in [0.2, 0.25) is 0 Å². The van der Waals surface area contributed by atoms with Crippen LogP contribution < -0.4 is 5.32 Å². The molecule has 1 N–H and O–H groups in total. The number of benzene rings is 1. The lowest BCUT2D eigenvalue weighted by Gasteiger charge is -2.18. The van der Waals surface area contributed by atoms with E-state index < -0.39 is 0 Å². The molecular weight excluding hydrogens is 411 g/mol. The SMILES string of the molecule is Cn1c(SCC(=O)Nc2nnc(C3CCCCC3)s2)nnc1-c1ccc(F)cc1. The number of nitrogens with zero attached hydrogens (tertiary/aromatic N) is 5. The van der Waals surface area contributed by atoms with E-state index in [-0.39, 0.29) is 17.5 Å². The van der Waals surface area contributed by atoms with Gasteiger partial charge in [0.15, 0.2) is 11.0 Å². The lowest BCUT2D eigenvalue weighted by molar-refractivity contribution is -0.113. The van der Waals surface area contributed by atoms with Gasteiger partial charge in [-0.05, 0) is 37.1 Å². The highest BCUT2D eigenvalue weighted by atomic mass is 32.2. The molecule has 2 aromatic heterocycles. The maximum absolute atomic E-state index is 13.1. The smallest absolute Gasteiger partial charge is 0.236 e. The van der Waals surface area contributed by atoms with Gasteiger partial charge in [0, 0.05) is 18.5 Å². The third-order valence-corrected chi connectivity index (χ3v) is 6.93. The van der Waals surface area contributed by atoms with Gasteiger partial charge in [-0.2, -0.15) is 0 Å². The summed E-state index contributed by atoms with van der Waals surface area (Å²) in [5.74, 6) is 0.824. The van der Waals surface area contributed by atoms with E-state index in [9.17, 15) is 9.18 Å². The molecule has 1 aliphatic carbocycles. The van der Waals surface area contributed by atoms with E-state index in [1.54, 1.807) is 16.7 Å². The van der Waals surface area contributed by atoms with Gasteiger partial charge in [0.2, 0.25) is 11.0 Å². The molecule has 7 nitrogen and oxygen atoms in total. The van der Waals surface area contributed by atoms with E-state index >= 15 is 0 Å². The minimum atomic E-state index is -0.300. The van der Waals surface area contributed by atoms with Gasteiger partial charge in [-0.25, -0.2) is 4.39 Å². The molecule has 0 unspecified atom stereocenters. The van der Waals surface area contributed by atoms with Crippen molar-refractivity contribution in [1.29, 1.82) is 0 Å². The standard InChI is InChI=1S/C19H21FN6OS2/c1-26-16(12-7-9-14(20)10-8-12)22-25-19(26)28-11-15(27)21-18-24-23-17(29-18)13-5-3-2-4-6-13/h7-10,13H,2-6,11H2,1H3,(H,21,24,27). The highest BCUT2D eigenvalue weighted by Gasteiger charge is 2.20. The number of hydrogen-bond acceptors (Lipinski definition) is 7. The average Bonchev–Trinajstić information content (AvgIpc) is 3.35. The summed E-state index contributed by atoms with van der Waals surface area (Å²) in [6.07, 6.45) is 6.07. The molecule has 2 heterocycles. The van der Waals surface area contributed by atoms with Crippen molar-refractivity contribution in [1.82, 2.24) is 25.0 Å². The molecule has 0 spiro atoms. The van der Waals surface area contributed by atoms with Gasteiger partial charge in [0.1, 0.15) is 10.8 Å². The maximum atomic E-state index is 13.1. The highest BCUT2D eigenvalue weighted by molar-refractivity contribution is 7.99. The molecule has 0 bridgehead atoms. The fourth-order valence-corrected chi connectivity index (χ4v) is 5.02. The molecule has 1 aromatic carbocycles. The molecule has 1 saturated carbocycles. The minimum absolute atomic E-state index is 0.160. The molecule has 0 atom stereocenters. The Bertz CT molecular complexity index is 981. The van der Waals surface area contributed by atoms with Crippen LogP contribution in [-0.2, 0) is 11.8 Å². The summed E-state index contributed by atoms with van der Waals surface area (Å²) in [4.78, 5) is 12.3. The summed E-state index contributed by atoms with van der Waals surface area (Å²) in [5.41, 5.74) is 0.766. The van der Waals surface area contributed by atoms with E-state index in [2.05, 4.69) is 25.7 Å². The van der Waals surface area contributed by atoms with Crippen LogP contribution in [-0.4, -0.2) is 36.6 Å². The fraction of sp³-hybridized carbons (Fsp3) is 0.421. The van der Waals surface area contributed by atoms with Crippen molar-refractivity contribution in [2.45, 2.75) is 43.2 Å². The van der Waals surface area contributed by atoms with Gasteiger partial charge in [-0.1, -0.05) is 42.4 Å². The van der Waals surface area contributed by atoms with E-state index in [1.165, 1.54) is 54.5 Å². The van der Waals surface area contributed by atoms with Crippen molar-refractivity contribution in [3.63, 3.8) is 0 Å². The molecule has 0 aliphatic heterocycles. The zero-order chi connectivity index (χ0) is 20.2. The van der Waals surface area contributed by atoms with E-state index in [0.717, 1.165) is 23.4 Å². The molecule has 3 aromatic rings. The second-order valence-electron chi connectivity index (χ2n) is 6.99. The molecule has 10 heteroatoms. The van der Waals surface area contributed by atoms with E-state index in [4.69, 9.17) is 0 Å². The Morgan fingerprint density at radius 2 is 1.93 bits per heavy atom. The summed E-state index contributed by atoms with van der Waals surface area (Å²) in [5, 5.41) is 21.7. The van der Waals surface area contributed by atoms with Crippen LogP contribution in [0.3, 0.4) is 0 Å². The number of anilines is 1. The zero-order valence-electron chi connectivity index (χ0n) is 16.0. The Morgan fingerprint density at radius 3 is 2.69 bits per heavy atom. The summed E-state index contributed by atoms with van der Waals surface area (Å²) < 4.78 is 14.9. The van der Waals surface area contributed by atoms with Crippen LogP contribution in [0.25, 0.3) is 11.4 Å². The van der Waals surface area contributed by atoms with Crippen LogP contribution in [0.15, 0.2) is 29.4 Å². The van der Waals surface area contributed by atoms with Gasteiger partial charge in [-0.15, -0.1) is 20.4 Å². The fourth-order valence-electron chi connectivity index (χ4n) is 3.38. The second kappa shape index (κ2) is 9.00. The molecular formula is C19H21FN6OS2. The molecule has 29 heavy (non-hydrogen) atoms. The second-order valence-corrected chi connectivity index (χ2v) is 8.94. The van der Waals surface area contributed by atoms with Gasteiger partial charge >= 0.3 is 0 Å². The Balaban J connectivity index is 1.33. The summed E-state index contributed by atoms with van der Waals surface area (Å²) in [6, 6.07) is 6.07. The molecule has 4 rings (SSSR count). The molecule has 1 fully saturated rings. The first-order chi connectivity index (χ1) is 14.1. The highest BCUT2D eigenvalue weighted by Crippen LogP contribution is 2.35. The van der Waals surface area contributed by atoms with Crippen molar-refractivity contribution < 1.29 is 9.18 Å². The Morgan fingerprint density at radius 1 is 1.17 bits per heavy atom. The lowest BCUT2D eigenvalue weighted by atomic mass is 9.90.